The number of nitrogens with zero attached hydrogens (tertiary/aromatic N) is 1. The molecule has 1 fully saturated rings. The Hall–Kier alpha value is -1.36. The fourth-order valence-corrected chi connectivity index (χ4v) is 3.14. The van der Waals surface area contributed by atoms with Crippen molar-refractivity contribution in [1.82, 2.24) is 10.3 Å². The molecule has 0 saturated carbocycles. The van der Waals surface area contributed by atoms with Crippen LogP contribution < -0.4 is 10.6 Å². The van der Waals surface area contributed by atoms with Crippen LogP contribution in [0.25, 0.3) is 10.9 Å². The van der Waals surface area contributed by atoms with Crippen molar-refractivity contribution in [1.29, 1.82) is 0 Å². The number of aromatic nitrogens is 1. The van der Waals surface area contributed by atoms with Gasteiger partial charge >= 0.3 is 0 Å². The molecule has 2 aromatic rings. The third kappa shape index (κ3) is 5.07. The van der Waals surface area contributed by atoms with Gasteiger partial charge in [0.25, 0.3) is 0 Å². The first-order valence-corrected chi connectivity index (χ1v) is 8.09. The number of halogens is 2. The Balaban J connectivity index is 0.00000144. The zero-order chi connectivity index (χ0) is 15.4. The van der Waals surface area contributed by atoms with E-state index in [4.69, 9.17) is 0 Å². The van der Waals surface area contributed by atoms with Gasteiger partial charge in [0.2, 0.25) is 5.91 Å². The van der Waals surface area contributed by atoms with E-state index in [1.807, 2.05) is 31.2 Å². The van der Waals surface area contributed by atoms with E-state index in [1.165, 1.54) is 12.8 Å². The molecule has 2 N–H and O–H groups in total. The van der Waals surface area contributed by atoms with E-state index in [9.17, 15) is 4.79 Å². The predicted octanol–water partition coefficient (Wildman–Crippen LogP) is 4.11. The predicted molar refractivity (Wildman–Crippen MR) is 104 cm³/mol. The summed E-state index contributed by atoms with van der Waals surface area (Å²) in [5.41, 5.74) is 2.95. The Kier molecular flexibility index (Phi) is 8.46. The molecule has 4 nitrogen and oxygen atoms in total. The molecule has 1 aromatic carbocycles. The van der Waals surface area contributed by atoms with Crippen molar-refractivity contribution in [2.24, 2.45) is 5.92 Å². The first-order valence-electron chi connectivity index (χ1n) is 8.09. The van der Waals surface area contributed by atoms with Crippen LogP contribution in [0.15, 0.2) is 30.5 Å². The fourth-order valence-electron chi connectivity index (χ4n) is 3.14. The lowest BCUT2D eigenvalue weighted by molar-refractivity contribution is -0.116. The van der Waals surface area contributed by atoms with Gasteiger partial charge in [0.05, 0.1) is 11.2 Å². The topological polar surface area (TPSA) is 54.0 Å². The zero-order valence-electron chi connectivity index (χ0n) is 13.9. The number of hydrogen-bond donors (Lipinski definition) is 2. The molecule has 3 rings (SSSR count). The van der Waals surface area contributed by atoms with Gasteiger partial charge in [0, 0.05) is 18.0 Å². The van der Waals surface area contributed by atoms with E-state index in [0.717, 1.165) is 41.7 Å². The number of piperidine rings is 1. The molecule has 0 bridgehead atoms. The minimum atomic E-state index is 0. The van der Waals surface area contributed by atoms with E-state index in [-0.39, 0.29) is 30.7 Å². The van der Waals surface area contributed by atoms with Crippen molar-refractivity contribution in [3.63, 3.8) is 0 Å². The molecule has 0 unspecified atom stereocenters. The van der Waals surface area contributed by atoms with Gasteiger partial charge in [-0.05, 0) is 69.0 Å². The molecule has 6 heteroatoms. The molecule has 1 amide bonds. The number of rotatable bonds is 4. The van der Waals surface area contributed by atoms with Gasteiger partial charge in [0.1, 0.15) is 0 Å². The molecule has 1 aromatic heterocycles. The minimum absolute atomic E-state index is 0. The SMILES string of the molecule is Cc1ccc(NC(=O)CCC2CCNCC2)c2cccnc12.Cl.Cl. The quantitative estimate of drug-likeness (QED) is 0.852. The van der Waals surface area contributed by atoms with Crippen LogP contribution in [0.2, 0.25) is 0 Å². The van der Waals surface area contributed by atoms with Crippen LogP contribution in [0, 0.1) is 12.8 Å². The van der Waals surface area contributed by atoms with E-state index in [0.29, 0.717) is 12.3 Å². The van der Waals surface area contributed by atoms with Gasteiger partial charge < -0.3 is 10.6 Å². The van der Waals surface area contributed by atoms with Crippen molar-refractivity contribution < 1.29 is 4.79 Å². The normalized spacial score (nSPS) is 14.5. The van der Waals surface area contributed by atoms with Gasteiger partial charge in [0.15, 0.2) is 0 Å². The Bertz CT molecular complexity index is 672. The summed E-state index contributed by atoms with van der Waals surface area (Å²) in [6, 6.07) is 7.91. The van der Waals surface area contributed by atoms with Gasteiger partial charge in [-0.3, -0.25) is 9.78 Å². The van der Waals surface area contributed by atoms with Gasteiger partial charge in [-0.1, -0.05) is 6.07 Å². The monoisotopic (exact) mass is 369 g/mol. The maximum atomic E-state index is 12.2. The number of carbonyl (C=O) groups is 1. The van der Waals surface area contributed by atoms with Crippen molar-refractivity contribution in [3.8, 4) is 0 Å². The van der Waals surface area contributed by atoms with Crippen LogP contribution in [0.1, 0.15) is 31.2 Å². The van der Waals surface area contributed by atoms with Crippen LogP contribution in [0.3, 0.4) is 0 Å². The number of benzene rings is 1. The number of fused-ring (bicyclic) bond motifs is 1. The molecule has 0 radical (unpaired) electrons. The summed E-state index contributed by atoms with van der Waals surface area (Å²) in [6.07, 6.45) is 5.74. The summed E-state index contributed by atoms with van der Waals surface area (Å²) >= 11 is 0. The molecule has 132 valence electrons. The Morgan fingerprint density at radius 2 is 2.00 bits per heavy atom. The van der Waals surface area contributed by atoms with E-state index in [2.05, 4.69) is 15.6 Å². The molecule has 2 heterocycles. The standard InChI is InChI=1S/C18H23N3O.2ClH/c1-13-4-6-16(15-3-2-10-20-18(13)15)21-17(22)7-5-14-8-11-19-12-9-14;;/h2-4,6,10,14,19H,5,7-9,11-12H2,1H3,(H,21,22);2*1H. The van der Waals surface area contributed by atoms with E-state index in [1.54, 1.807) is 6.20 Å². The third-order valence-corrected chi connectivity index (χ3v) is 4.48. The Labute approximate surface area is 155 Å². The van der Waals surface area contributed by atoms with Gasteiger partial charge in [-0.25, -0.2) is 0 Å². The van der Waals surface area contributed by atoms with E-state index >= 15 is 0 Å². The van der Waals surface area contributed by atoms with E-state index < -0.39 is 0 Å². The van der Waals surface area contributed by atoms with Crippen LogP contribution in [-0.4, -0.2) is 24.0 Å². The van der Waals surface area contributed by atoms with Crippen molar-refractivity contribution >= 4 is 47.3 Å². The highest BCUT2D eigenvalue weighted by Gasteiger charge is 2.15. The number of anilines is 1. The van der Waals surface area contributed by atoms with Crippen LogP contribution in [0.4, 0.5) is 5.69 Å². The lowest BCUT2D eigenvalue weighted by Gasteiger charge is -2.22. The summed E-state index contributed by atoms with van der Waals surface area (Å²) in [7, 11) is 0. The molecular weight excluding hydrogens is 345 g/mol. The average Bonchev–Trinajstić information content (AvgIpc) is 2.57. The molecule has 1 aliphatic heterocycles. The molecular formula is C18H25Cl2N3O. The summed E-state index contributed by atoms with van der Waals surface area (Å²) in [5.74, 6) is 0.788. The number of hydrogen-bond acceptors (Lipinski definition) is 3. The maximum absolute atomic E-state index is 12.2. The van der Waals surface area contributed by atoms with Crippen molar-refractivity contribution in [3.05, 3.63) is 36.0 Å². The summed E-state index contributed by atoms with van der Waals surface area (Å²) < 4.78 is 0. The van der Waals surface area contributed by atoms with Gasteiger partial charge in [-0.15, -0.1) is 24.8 Å². The van der Waals surface area contributed by atoms with Crippen LogP contribution >= 0.6 is 24.8 Å². The minimum Gasteiger partial charge on any atom is -0.325 e. The number of aryl methyl sites for hydroxylation is 1. The molecule has 0 aliphatic carbocycles. The molecule has 0 spiro atoms. The second-order valence-corrected chi connectivity index (χ2v) is 6.11. The largest absolute Gasteiger partial charge is 0.325 e. The number of amides is 1. The van der Waals surface area contributed by atoms with Gasteiger partial charge in [-0.2, -0.15) is 0 Å². The second-order valence-electron chi connectivity index (χ2n) is 6.11. The number of carbonyl (C=O) groups excluding carboxylic acids is 1. The summed E-state index contributed by atoms with van der Waals surface area (Å²) in [6.45, 7) is 4.21. The van der Waals surface area contributed by atoms with Crippen LogP contribution in [-0.2, 0) is 4.79 Å². The smallest absolute Gasteiger partial charge is 0.224 e. The Morgan fingerprint density at radius 1 is 1.25 bits per heavy atom. The number of pyridine rings is 1. The second kappa shape index (κ2) is 9.82. The highest BCUT2D eigenvalue weighted by atomic mass is 35.5. The molecule has 0 atom stereocenters. The zero-order valence-corrected chi connectivity index (χ0v) is 15.5. The first kappa shape index (κ1) is 20.7. The molecule has 1 saturated heterocycles. The number of nitrogens with one attached hydrogen (secondary N) is 2. The molecule has 1 aliphatic rings. The lowest BCUT2D eigenvalue weighted by Crippen LogP contribution is -2.28. The van der Waals surface area contributed by atoms with Crippen molar-refractivity contribution in [2.75, 3.05) is 18.4 Å². The Morgan fingerprint density at radius 3 is 2.75 bits per heavy atom. The highest BCUT2D eigenvalue weighted by Crippen LogP contribution is 2.25. The summed E-state index contributed by atoms with van der Waals surface area (Å²) in [4.78, 5) is 16.6. The fraction of sp³-hybridized carbons (Fsp3) is 0.444. The summed E-state index contributed by atoms with van der Waals surface area (Å²) in [5, 5.41) is 7.43. The first-order chi connectivity index (χ1) is 10.7. The molecule has 24 heavy (non-hydrogen) atoms. The van der Waals surface area contributed by atoms with Crippen LogP contribution in [0.5, 0.6) is 0 Å². The lowest BCUT2D eigenvalue weighted by atomic mass is 9.93. The third-order valence-electron chi connectivity index (χ3n) is 4.48. The highest BCUT2D eigenvalue weighted by molar-refractivity contribution is 6.01. The van der Waals surface area contributed by atoms with Crippen molar-refractivity contribution in [2.45, 2.75) is 32.6 Å². The maximum Gasteiger partial charge on any atom is 0.224 e. The average molecular weight is 370 g/mol.